The zero-order chi connectivity index (χ0) is 92.5. The Morgan fingerprint density at radius 2 is 0.632 bits per heavy atom. The first kappa shape index (κ1) is 106. The van der Waals surface area contributed by atoms with Crippen LogP contribution in [0.1, 0.15) is 349 Å². The van der Waals surface area contributed by atoms with E-state index in [0.29, 0.717) is 93.8 Å². The predicted octanol–water partition coefficient (Wildman–Crippen LogP) is 23.4. The Balaban J connectivity index is 0.000000261. The van der Waals surface area contributed by atoms with Crippen LogP contribution in [0, 0.1) is 45.2 Å². The van der Waals surface area contributed by atoms with E-state index < -0.39 is 34.4 Å². The van der Waals surface area contributed by atoms with Gasteiger partial charge >= 0.3 is 18.3 Å². The normalized spacial score (nSPS) is 18.0. The Labute approximate surface area is 765 Å². The molecule has 5 aliphatic rings. The molecule has 694 valence electrons. The second kappa shape index (κ2) is 46.5. The maximum Gasteiger partial charge on any atom is 0.410 e. The predicted molar refractivity (Wildman–Crippen MR) is 501 cm³/mol. The van der Waals surface area contributed by atoms with E-state index in [2.05, 4.69) is 98.9 Å². The highest BCUT2D eigenvalue weighted by Gasteiger charge is 2.46. The highest BCUT2D eigenvalue weighted by molar-refractivity contribution is 6.32. The van der Waals surface area contributed by atoms with Gasteiger partial charge in [0.2, 0.25) is 29.5 Å². The summed E-state index contributed by atoms with van der Waals surface area (Å²) >= 11 is 25.9. The topological polar surface area (TPSA) is 229 Å². The third-order valence-corrected chi connectivity index (χ3v) is 25.7. The largest absolute Gasteiger partial charge is 0.444 e. The lowest BCUT2D eigenvalue weighted by molar-refractivity contribution is -0.136. The highest BCUT2D eigenvalue weighted by Crippen LogP contribution is 2.45. The van der Waals surface area contributed by atoms with E-state index in [1.807, 2.05) is 119 Å². The minimum absolute atomic E-state index is 0. The van der Waals surface area contributed by atoms with Crippen molar-refractivity contribution in [1.82, 2.24) is 45.8 Å². The first-order valence-corrected chi connectivity index (χ1v) is 46.1. The number of likely N-dealkylation sites (tertiary alicyclic amines) is 5. The van der Waals surface area contributed by atoms with Gasteiger partial charge in [-0.1, -0.05) is 112 Å². The van der Waals surface area contributed by atoms with Crippen LogP contribution in [-0.4, -0.2) is 160 Å². The Morgan fingerprint density at radius 3 is 0.848 bits per heavy atom. The Kier molecular flexibility index (Phi) is 39.4. The lowest BCUT2D eigenvalue weighted by Crippen LogP contribution is -2.44. The van der Waals surface area contributed by atoms with Crippen molar-refractivity contribution in [3.05, 3.63) is 171 Å². The van der Waals surface area contributed by atoms with Gasteiger partial charge in [-0.15, -0.1) is 0 Å². The highest BCUT2D eigenvalue weighted by atomic mass is 35.5. The number of aryl methyl sites for hydroxylation is 4. The quantitative estimate of drug-likeness (QED) is 0.0601. The van der Waals surface area contributed by atoms with E-state index >= 15 is 0 Å². The van der Waals surface area contributed by atoms with Crippen LogP contribution in [0.5, 0.6) is 0 Å². The number of hydrogen-bond donors (Lipinski definition) is 4. The number of carbonyl (C=O) groups excluding carboxylic acids is 8. The number of ether oxygens (including phenoxy) is 3. The minimum Gasteiger partial charge on any atom is -0.444 e. The molecule has 6 atom stereocenters. The van der Waals surface area contributed by atoms with E-state index in [4.69, 9.17) is 60.6 Å². The zero-order valence-electron chi connectivity index (χ0n) is 78.2. The van der Waals surface area contributed by atoms with E-state index in [1.54, 1.807) is 35.5 Å². The monoisotopic (exact) mass is 1810 g/mol. The summed E-state index contributed by atoms with van der Waals surface area (Å²) in [5.41, 5.74) is 11.9. The maximum absolute atomic E-state index is 14.9. The summed E-state index contributed by atoms with van der Waals surface area (Å²) in [5, 5.41) is 15.2. The van der Waals surface area contributed by atoms with E-state index in [-0.39, 0.29) is 96.8 Å². The van der Waals surface area contributed by atoms with Gasteiger partial charge in [0, 0.05) is 131 Å². The number of carbonyl (C=O) groups is 8. The van der Waals surface area contributed by atoms with Gasteiger partial charge in [-0.05, 0) is 314 Å². The average molecular weight is 1820 g/mol. The molecule has 0 radical (unpaired) electrons. The van der Waals surface area contributed by atoms with Crippen molar-refractivity contribution in [2.24, 2.45) is 5.92 Å². The summed E-state index contributed by atoms with van der Waals surface area (Å²) in [5.74, 6) is -0.981. The molecule has 10 rings (SSSR count). The van der Waals surface area contributed by atoms with E-state index in [9.17, 15) is 47.1 Å². The third-order valence-electron chi connectivity index (χ3n) is 24.1. The molecule has 4 N–H and O–H groups in total. The Hall–Kier alpha value is -7.76. The number of hydrogen-bond acceptors (Lipinski definition) is 12. The Morgan fingerprint density at radius 1 is 0.384 bits per heavy atom. The standard InChI is InChI=1S/C32H42ClF2N3O2.3C22H33ClN2O3.CH4/c1-7-30(36-20(3)39)25-14-19(2)28(33)16-24(25)21-10-12-37(13-11-21)31(40)27-18-38(32(4,5)6)17-26(27)23-9-8-22(34)15-29(23)35;3*1-7-20(24-15(3)26)18-12-14(2)19(23)13-17(18)16-8-10-25(11-9-16)21(27)28-22(4,5)6;/h8-9,14-16,21,26-27,30H,7,10-13,17-18H2,1-6H3,(H,36,39);3*12-13,16,20H,7-11H2,1-6H3,(H,24,26);1H4/t26-,27+,30+;3*20-;/m0110./s1. The molecule has 5 aromatic carbocycles. The molecule has 5 aliphatic heterocycles. The smallest absolute Gasteiger partial charge is 0.410 e. The van der Waals surface area contributed by atoms with Crippen LogP contribution in [0.3, 0.4) is 0 Å². The molecule has 0 saturated carbocycles. The minimum atomic E-state index is -0.615. The zero-order valence-corrected chi connectivity index (χ0v) is 81.2. The van der Waals surface area contributed by atoms with Crippen molar-refractivity contribution in [3.8, 4) is 0 Å². The summed E-state index contributed by atoms with van der Waals surface area (Å²) in [4.78, 5) is 107. The van der Waals surface area contributed by atoms with Gasteiger partial charge < -0.3 is 55.1 Å². The number of piperidine rings is 4. The first-order chi connectivity index (χ1) is 57.8. The van der Waals surface area contributed by atoms with Gasteiger partial charge in [-0.2, -0.15) is 0 Å². The van der Waals surface area contributed by atoms with Crippen LogP contribution in [0.4, 0.5) is 23.2 Å². The summed E-state index contributed by atoms with van der Waals surface area (Å²) < 4.78 is 45.1. The van der Waals surface area contributed by atoms with Crippen molar-refractivity contribution in [2.75, 3.05) is 65.4 Å². The van der Waals surface area contributed by atoms with Crippen molar-refractivity contribution in [1.29, 1.82) is 0 Å². The molecule has 0 aromatic heterocycles. The average Bonchev–Trinajstić information content (AvgIpc) is 1.69. The lowest BCUT2D eigenvalue weighted by atomic mass is 9.82. The number of halogens is 6. The van der Waals surface area contributed by atoms with Gasteiger partial charge in [-0.25, -0.2) is 23.2 Å². The van der Waals surface area contributed by atoms with Gasteiger partial charge in [0.25, 0.3) is 0 Å². The number of rotatable bonds is 18. The second-order valence-electron chi connectivity index (χ2n) is 38.3. The van der Waals surface area contributed by atoms with Crippen molar-refractivity contribution in [2.45, 2.75) is 327 Å². The van der Waals surface area contributed by atoms with Crippen molar-refractivity contribution in [3.63, 3.8) is 0 Å². The SMILES string of the molecule is C.CC[C@@H](NC(C)=O)c1cc(C)c(Cl)cc1C1CCN(C(=O)OC(C)(C)C)CC1.CC[C@@H](NC(C)=O)c1cc(C)c(Cl)cc1C1CCN(C(=O)OC(C)(C)C)CC1.CC[C@@H](NC(C)=O)c1cc(C)c(Cl)cc1C1CCN(C(=O)[C@@H]2CN(C(C)(C)C)C[C@H]2c2ccc(F)cc2F)CC1.CC[C@H](NC(C)=O)c1cc(C)c(Cl)cc1C1CCN(C(=O)OC(C)(C)C)CC1. The van der Waals surface area contributed by atoms with Crippen molar-refractivity contribution >= 4 is 94.2 Å². The second-order valence-corrected chi connectivity index (χ2v) is 40.0. The molecule has 0 aliphatic carbocycles. The van der Waals surface area contributed by atoms with Crippen LogP contribution < -0.4 is 21.3 Å². The van der Waals surface area contributed by atoms with Gasteiger partial charge in [-0.3, -0.25) is 28.9 Å². The molecule has 26 heteroatoms. The van der Waals surface area contributed by atoms with Gasteiger partial charge in [0.15, 0.2) is 0 Å². The Bertz CT molecular complexity index is 4230. The molecule has 5 saturated heterocycles. The van der Waals surface area contributed by atoms with Crippen LogP contribution >= 0.6 is 46.4 Å². The van der Waals surface area contributed by atoms with Crippen LogP contribution in [0.25, 0.3) is 0 Å². The summed E-state index contributed by atoms with van der Waals surface area (Å²) in [7, 11) is 0. The molecule has 8 amide bonds. The summed E-state index contributed by atoms with van der Waals surface area (Å²) in [6.45, 7) is 51.8. The lowest BCUT2D eigenvalue weighted by Gasteiger charge is -2.36. The molecule has 125 heavy (non-hydrogen) atoms. The molecular weight excluding hydrogens is 1670 g/mol. The van der Waals surface area contributed by atoms with Crippen LogP contribution in [-0.2, 0) is 38.2 Å². The summed E-state index contributed by atoms with van der Waals surface area (Å²) in [6, 6.07) is 20.0. The first-order valence-electron chi connectivity index (χ1n) is 44.5. The third kappa shape index (κ3) is 30.7. The fourth-order valence-corrected chi connectivity index (χ4v) is 18.2. The number of benzene rings is 5. The summed E-state index contributed by atoms with van der Waals surface area (Å²) in [6.07, 6.45) is 9.09. The van der Waals surface area contributed by atoms with Crippen LogP contribution in [0.15, 0.2) is 66.7 Å². The molecule has 20 nitrogen and oxygen atoms in total. The molecule has 0 spiro atoms. The number of nitrogens with one attached hydrogen (secondary N) is 4. The van der Waals surface area contributed by atoms with Crippen LogP contribution in [0.2, 0.25) is 20.1 Å². The van der Waals surface area contributed by atoms with E-state index in [1.165, 1.54) is 35.7 Å². The molecule has 5 fully saturated rings. The van der Waals surface area contributed by atoms with Gasteiger partial charge in [0.1, 0.15) is 28.4 Å². The molecule has 0 unspecified atom stereocenters. The fraction of sp³-hybridized carbons (Fsp3) is 0.616. The number of nitrogens with zero attached hydrogens (tertiary/aromatic N) is 5. The van der Waals surface area contributed by atoms with Gasteiger partial charge in [0.05, 0.1) is 30.1 Å². The molecular formula is C99H145Cl4F2N9O11. The molecule has 5 aromatic rings. The number of amides is 8. The van der Waals surface area contributed by atoms with Crippen molar-refractivity contribution < 1.29 is 61.3 Å². The van der Waals surface area contributed by atoms with E-state index in [0.717, 1.165) is 148 Å². The fourth-order valence-electron chi connectivity index (χ4n) is 17.5. The molecule has 0 bridgehead atoms. The maximum atomic E-state index is 14.9. The molecule has 5 heterocycles.